The highest BCUT2D eigenvalue weighted by Crippen LogP contribution is 2.26. The van der Waals surface area contributed by atoms with Gasteiger partial charge in [0.25, 0.3) is 0 Å². The summed E-state index contributed by atoms with van der Waals surface area (Å²) in [6, 6.07) is 0.469. The number of hydrogen-bond donors (Lipinski definition) is 1. The van der Waals surface area contributed by atoms with Crippen molar-refractivity contribution in [3.63, 3.8) is 0 Å². The molecule has 1 amide bonds. The van der Waals surface area contributed by atoms with Crippen molar-refractivity contribution in [3.8, 4) is 0 Å². The molecule has 2 fully saturated rings. The van der Waals surface area contributed by atoms with Gasteiger partial charge in [0.2, 0.25) is 0 Å². The van der Waals surface area contributed by atoms with Gasteiger partial charge in [0.1, 0.15) is 5.60 Å². The third-order valence-electron chi connectivity index (χ3n) is 4.74. The largest absolute Gasteiger partial charge is 0.444 e. The third-order valence-corrected chi connectivity index (χ3v) is 4.74. The van der Waals surface area contributed by atoms with Gasteiger partial charge in [0.05, 0.1) is 6.10 Å². The average Bonchev–Trinajstić information content (AvgIpc) is 3.12. The zero-order valence-electron chi connectivity index (χ0n) is 15.3. The van der Waals surface area contributed by atoms with Gasteiger partial charge in [-0.25, -0.2) is 4.79 Å². The van der Waals surface area contributed by atoms with Gasteiger partial charge in [-0.15, -0.1) is 0 Å². The lowest BCUT2D eigenvalue weighted by atomic mass is 9.93. The lowest BCUT2D eigenvalue weighted by Crippen LogP contribution is -2.40. The second-order valence-electron chi connectivity index (χ2n) is 7.85. The van der Waals surface area contributed by atoms with Crippen LogP contribution in [0.2, 0.25) is 0 Å². The second-order valence-corrected chi connectivity index (χ2v) is 7.85. The van der Waals surface area contributed by atoms with Crippen LogP contribution in [-0.4, -0.2) is 55.0 Å². The first-order chi connectivity index (χ1) is 10.9. The van der Waals surface area contributed by atoms with Gasteiger partial charge in [0, 0.05) is 25.7 Å². The molecular formula is C18H34N2O3. The van der Waals surface area contributed by atoms with Gasteiger partial charge in [-0.05, 0) is 65.3 Å². The fraction of sp³-hybridized carbons (Fsp3) is 0.944. The molecule has 0 aliphatic carbocycles. The Morgan fingerprint density at radius 1 is 1.39 bits per heavy atom. The lowest BCUT2D eigenvalue weighted by molar-refractivity contribution is 0.0284. The second kappa shape index (κ2) is 8.34. The molecule has 0 saturated carbocycles. The molecule has 5 heteroatoms. The summed E-state index contributed by atoms with van der Waals surface area (Å²) in [5.41, 5.74) is -0.421. The summed E-state index contributed by atoms with van der Waals surface area (Å²) < 4.78 is 11.2. The molecule has 0 radical (unpaired) electrons. The van der Waals surface area contributed by atoms with Crippen LogP contribution < -0.4 is 5.32 Å². The molecule has 2 rings (SSSR count). The number of nitrogens with one attached hydrogen (secondary N) is 1. The zero-order chi connectivity index (χ0) is 16.9. The van der Waals surface area contributed by atoms with E-state index in [4.69, 9.17) is 9.47 Å². The van der Waals surface area contributed by atoms with Crippen LogP contribution in [0.1, 0.15) is 59.8 Å². The van der Waals surface area contributed by atoms with E-state index in [9.17, 15) is 4.79 Å². The normalized spacial score (nSPS) is 26.5. The molecule has 0 aromatic heterocycles. The summed E-state index contributed by atoms with van der Waals surface area (Å²) in [6.45, 7) is 11.4. The van der Waals surface area contributed by atoms with E-state index in [1.54, 1.807) is 0 Å². The topological polar surface area (TPSA) is 50.8 Å². The molecule has 3 atom stereocenters. The molecule has 2 heterocycles. The summed E-state index contributed by atoms with van der Waals surface area (Å²) in [7, 11) is 0. The molecule has 0 aromatic rings. The standard InChI is InChI=1S/C18H34N2O3/c1-5-19-16(9-8-15-7-6-12-22-15)14-10-11-20(13-14)17(21)23-18(2,3)4/h14-16,19H,5-13H2,1-4H3. The van der Waals surface area contributed by atoms with Crippen molar-refractivity contribution in [2.75, 3.05) is 26.2 Å². The molecule has 23 heavy (non-hydrogen) atoms. The Morgan fingerprint density at radius 3 is 2.78 bits per heavy atom. The van der Waals surface area contributed by atoms with Gasteiger partial charge in [-0.2, -0.15) is 0 Å². The summed E-state index contributed by atoms with van der Waals surface area (Å²) in [5.74, 6) is 0.517. The van der Waals surface area contributed by atoms with E-state index in [0.29, 0.717) is 18.1 Å². The minimum absolute atomic E-state index is 0.172. The van der Waals surface area contributed by atoms with Crippen molar-refractivity contribution < 1.29 is 14.3 Å². The fourth-order valence-electron chi connectivity index (χ4n) is 3.61. The molecule has 2 saturated heterocycles. The van der Waals surface area contributed by atoms with E-state index < -0.39 is 5.60 Å². The number of ether oxygens (including phenoxy) is 2. The number of hydrogen-bond acceptors (Lipinski definition) is 4. The summed E-state index contributed by atoms with van der Waals surface area (Å²) in [6.07, 6.45) is 5.99. The molecule has 0 aromatic carbocycles. The predicted molar refractivity (Wildman–Crippen MR) is 91.6 cm³/mol. The van der Waals surface area contributed by atoms with Crippen LogP contribution in [-0.2, 0) is 9.47 Å². The summed E-state index contributed by atoms with van der Waals surface area (Å²) in [5, 5.41) is 3.62. The van der Waals surface area contributed by atoms with E-state index >= 15 is 0 Å². The highest BCUT2D eigenvalue weighted by atomic mass is 16.6. The van der Waals surface area contributed by atoms with E-state index in [1.807, 2.05) is 25.7 Å². The van der Waals surface area contributed by atoms with Gasteiger partial charge >= 0.3 is 6.09 Å². The number of rotatable bonds is 6. The minimum atomic E-state index is -0.421. The van der Waals surface area contributed by atoms with Crippen LogP contribution in [0.5, 0.6) is 0 Å². The molecule has 134 valence electrons. The zero-order valence-corrected chi connectivity index (χ0v) is 15.3. The molecule has 0 spiro atoms. The molecule has 1 N–H and O–H groups in total. The predicted octanol–water partition coefficient (Wildman–Crippen LogP) is 3.18. The number of amides is 1. The maximum absolute atomic E-state index is 12.2. The van der Waals surface area contributed by atoms with Crippen molar-refractivity contribution in [2.45, 2.75) is 77.5 Å². The number of nitrogens with zero attached hydrogens (tertiary/aromatic N) is 1. The van der Waals surface area contributed by atoms with Crippen LogP contribution in [0.3, 0.4) is 0 Å². The van der Waals surface area contributed by atoms with Crippen molar-refractivity contribution in [1.82, 2.24) is 10.2 Å². The Balaban J connectivity index is 1.81. The van der Waals surface area contributed by atoms with Crippen LogP contribution in [0.25, 0.3) is 0 Å². The molecule has 0 bridgehead atoms. The summed E-state index contributed by atoms with van der Waals surface area (Å²) >= 11 is 0. The van der Waals surface area contributed by atoms with Crippen LogP contribution in [0, 0.1) is 5.92 Å². The van der Waals surface area contributed by atoms with E-state index in [0.717, 1.165) is 45.5 Å². The Bertz CT molecular complexity index is 375. The number of carbonyl (C=O) groups excluding carboxylic acids is 1. The first kappa shape index (κ1) is 18.5. The highest BCUT2D eigenvalue weighted by Gasteiger charge is 2.34. The molecule has 2 aliphatic heterocycles. The van der Waals surface area contributed by atoms with Crippen molar-refractivity contribution >= 4 is 6.09 Å². The first-order valence-corrected chi connectivity index (χ1v) is 9.22. The van der Waals surface area contributed by atoms with Crippen molar-refractivity contribution in [1.29, 1.82) is 0 Å². The van der Waals surface area contributed by atoms with Crippen LogP contribution >= 0.6 is 0 Å². The number of likely N-dealkylation sites (tertiary alicyclic amines) is 1. The highest BCUT2D eigenvalue weighted by molar-refractivity contribution is 5.68. The quantitative estimate of drug-likeness (QED) is 0.814. The molecular weight excluding hydrogens is 292 g/mol. The van der Waals surface area contributed by atoms with Crippen molar-refractivity contribution in [3.05, 3.63) is 0 Å². The van der Waals surface area contributed by atoms with Gasteiger partial charge < -0.3 is 19.7 Å². The molecule has 5 nitrogen and oxygen atoms in total. The maximum atomic E-state index is 12.2. The smallest absolute Gasteiger partial charge is 0.410 e. The SMILES string of the molecule is CCNC(CCC1CCCO1)C1CCN(C(=O)OC(C)(C)C)C1. The van der Waals surface area contributed by atoms with Gasteiger partial charge in [-0.3, -0.25) is 0 Å². The Hall–Kier alpha value is -0.810. The van der Waals surface area contributed by atoms with Crippen LogP contribution in [0.15, 0.2) is 0 Å². The first-order valence-electron chi connectivity index (χ1n) is 9.22. The number of carbonyl (C=O) groups is 1. The van der Waals surface area contributed by atoms with Crippen molar-refractivity contribution in [2.24, 2.45) is 5.92 Å². The third kappa shape index (κ3) is 5.96. The average molecular weight is 326 g/mol. The molecule has 2 aliphatic rings. The van der Waals surface area contributed by atoms with E-state index in [-0.39, 0.29) is 6.09 Å². The van der Waals surface area contributed by atoms with Gasteiger partial charge in [0.15, 0.2) is 0 Å². The Kier molecular flexibility index (Phi) is 6.72. The van der Waals surface area contributed by atoms with Gasteiger partial charge in [-0.1, -0.05) is 6.92 Å². The summed E-state index contributed by atoms with van der Waals surface area (Å²) in [4.78, 5) is 14.1. The lowest BCUT2D eigenvalue weighted by Gasteiger charge is -2.27. The van der Waals surface area contributed by atoms with E-state index in [2.05, 4.69) is 12.2 Å². The fourth-order valence-corrected chi connectivity index (χ4v) is 3.61. The minimum Gasteiger partial charge on any atom is -0.444 e. The Labute approximate surface area is 141 Å². The maximum Gasteiger partial charge on any atom is 0.410 e. The monoisotopic (exact) mass is 326 g/mol. The molecule has 3 unspecified atom stereocenters. The van der Waals surface area contributed by atoms with Crippen LogP contribution in [0.4, 0.5) is 4.79 Å². The van der Waals surface area contributed by atoms with E-state index in [1.165, 1.54) is 12.8 Å². The Morgan fingerprint density at radius 2 is 2.17 bits per heavy atom.